The third-order valence-electron chi connectivity index (χ3n) is 2.18. The summed E-state index contributed by atoms with van der Waals surface area (Å²) >= 11 is 0. The molecule has 6 nitrogen and oxygen atoms in total. The monoisotopic (exact) mass is 193 g/mol. The standard InChI is InChI=1S/C8H11N5O/c1-2-13-4-10-3-5(13)6-7(9)12-8(14)11-6/h3-4,6H,2H2,1H3,(H3,9,11,12,14). The van der Waals surface area contributed by atoms with E-state index < -0.39 is 6.03 Å². The van der Waals surface area contributed by atoms with Crippen molar-refractivity contribution in [3.05, 3.63) is 18.2 Å². The van der Waals surface area contributed by atoms with Gasteiger partial charge in [0.05, 0.1) is 18.2 Å². The fourth-order valence-electron chi connectivity index (χ4n) is 1.47. The third kappa shape index (κ3) is 1.24. The highest BCUT2D eigenvalue weighted by Crippen LogP contribution is 2.16. The zero-order valence-electron chi connectivity index (χ0n) is 7.77. The number of carbonyl (C=O) groups excluding carboxylic acids is 1. The molecule has 2 heterocycles. The van der Waals surface area contributed by atoms with E-state index >= 15 is 0 Å². The number of urea groups is 1. The first-order chi connectivity index (χ1) is 6.72. The average Bonchev–Trinajstić information content (AvgIpc) is 2.71. The summed E-state index contributed by atoms with van der Waals surface area (Å²) < 4.78 is 1.92. The molecule has 2 rings (SSSR count). The highest BCUT2D eigenvalue weighted by molar-refractivity contribution is 6.03. The minimum Gasteiger partial charge on any atom is -0.385 e. The molecular formula is C8H11N5O. The maximum atomic E-state index is 11.0. The topological polar surface area (TPSA) is 85.3 Å². The second-order valence-electron chi connectivity index (χ2n) is 3.02. The molecule has 3 N–H and O–H groups in total. The zero-order valence-corrected chi connectivity index (χ0v) is 7.77. The Balaban J connectivity index is 2.33. The summed E-state index contributed by atoms with van der Waals surface area (Å²) in [5, 5.41) is 2.65. The Labute approximate surface area is 80.8 Å². The van der Waals surface area contributed by atoms with Crippen molar-refractivity contribution in [2.45, 2.75) is 19.5 Å². The lowest BCUT2D eigenvalue weighted by molar-refractivity contribution is 0.250. The first kappa shape index (κ1) is 8.74. The van der Waals surface area contributed by atoms with Gasteiger partial charge in [0.1, 0.15) is 11.9 Å². The molecule has 6 heteroatoms. The van der Waals surface area contributed by atoms with Crippen LogP contribution in [0.2, 0.25) is 0 Å². The first-order valence-corrected chi connectivity index (χ1v) is 4.37. The predicted octanol–water partition coefficient (Wildman–Crippen LogP) is 0.0245. The smallest absolute Gasteiger partial charge is 0.343 e. The summed E-state index contributed by atoms with van der Waals surface area (Å²) in [5.74, 6) is 0.296. The Kier molecular flexibility index (Phi) is 1.95. The molecule has 2 amide bonds. The van der Waals surface area contributed by atoms with Crippen LogP contribution in [0.3, 0.4) is 0 Å². The molecule has 1 atom stereocenters. The van der Waals surface area contributed by atoms with E-state index in [0.717, 1.165) is 12.2 Å². The number of amidine groups is 1. The highest BCUT2D eigenvalue weighted by atomic mass is 16.2. The van der Waals surface area contributed by atoms with Crippen LogP contribution in [-0.4, -0.2) is 21.4 Å². The van der Waals surface area contributed by atoms with Gasteiger partial charge in [0.15, 0.2) is 0 Å². The van der Waals surface area contributed by atoms with Gasteiger partial charge in [-0.2, -0.15) is 4.99 Å². The van der Waals surface area contributed by atoms with Crippen molar-refractivity contribution in [3.8, 4) is 0 Å². The van der Waals surface area contributed by atoms with Crippen LogP contribution in [0.4, 0.5) is 4.79 Å². The van der Waals surface area contributed by atoms with Gasteiger partial charge >= 0.3 is 6.03 Å². The summed E-state index contributed by atoms with van der Waals surface area (Å²) in [4.78, 5) is 18.6. The second-order valence-corrected chi connectivity index (χ2v) is 3.02. The molecular weight excluding hydrogens is 182 g/mol. The second kappa shape index (κ2) is 3.13. The van der Waals surface area contributed by atoms with Crippen molar-refractivity contribution in [2.24, 2.45) is 10.7 Å². The van der Waals surface area contributed by atoms with Gasteiger partial charge in [0.2, 0.25) is 0 Å². The largest absolute Gasteiger partial charge is 0.385 e. The molecule has 0 bridgehead atoms. The van der Waals surface area contributed by atoms with Crippen LogP contribution in [0.25, 0.3) is 0 Å². The number of amides is 2. The van der Waals surface area contributed by atoms with Crippen LogP contribution in [0, 0.1) is 0 Å². The molecule has 1 aromatic heterocycles. The minimum absolute atomic E-state index is 0.296. The normalized spacial score (nSPS) is 20.8. The number of nitrogens with two attached hydrogens (primary N) is 1. The molecule has 0 saturated carbocycles. The molecule has 0 aromatic carbocycles. The van der Waals surface area contributed by atoms with Crippen LogP contribution in [0.1, 0.15) is 18.7 Å². The van der Waals surface area contributed by atoms with E-state index in [2.05, 4.69) is 15.3 Å². The minimum atomic E-state index is -0.392. The summed E-state index contributed by atoms with van der Waals surface area (Å²) in [5.41, 5.74) is 6.47. The van der Waals surface area contributed by atoms with Crippen LogP contribution >= 0.6 is 0 Å². The Morgan fingerprint density at radius 2 is 2.50 bits per heavy atom. The Hall–Kier alpha value is -1.85. The molecule has 74 valence electrons. The number of nitrogens with zero attached hydrogens (tertiary/aromatic N) is 3. The Morgan fingerprint density at radius 1 is 1.71 bits per heavy atom. The van der Waals surface area contributed by atoms with Gasteiger partial charge in [-0.1, -0.05) is 0 Å². The molecule has 0 fully saturated rings. The van der Waals surface area contributed by atoms with Crippen molar-refractivity contribution < 1.29 is 4.79 Å². The Bertz CT molecular complexity index is 394. The van der Waals surface area contributed by atoms with E-state index in [1.165, 1.54) is 0 Å². The molecule has 1 aliphatic heterocycles. The van der Waals surface area contributed by atoms with Gasteiger partial charge in [-0.15, -0.1) is 0 Å². The van der Waals surface area contributed by atoms with Crippen molar-refractivity contribution in [1.82, 2.24) is 14.9 Å². The van der Waals surface area contributed by atoms with Crippen molar-refractivity contribution in [3.63, 3.8) is 0 Å². The summed E-state index contributed by atoms with van der Waals surface area (Å²) in [6.45, 7) is 2.78. The van der Waals surface area contributed by atoms with E-state index in [4.69, 9.17) is 5.73 Å². The van der Waals surface area contributed by atoms with Crippen LogP contribution in [0.15, 0.2) is 17.5 Å². The van der Waals surface area contributed by atoms with Crippen LogP contribution < -0.4 is 11.1 Å². The van der Waals surface area contributed by atoms with Crippen molar-refractivity contribution in [1.29, 1.82) is 0 Å². The molecule has 0 radical (unpaired) electrons. The van der Waals surface area contributed by atoms with E-state index in [1.54, 1.807) is 12.5 Å². The lowest BCUT2D eigenvalue weighted by Crippen LogP contribution is -2.29. The molecule has 14 heavy (non-hydrogen) atoms. The quantitative estimate of drug-likeness (QED) is 0.694. The molecule has 0 aliphatic carbocycles. The fourth-order valence-corrected chi connectivity index (χ4v) is 1.47. The highest BCUT2D eigenvalue weighted by Gasteiger charge is 2.27. The predicted molar refractivity (Wildman–Crippen MR) is 50.8 cm³/mol. The number of hydrogen-bond donors (Lipinski definition) is 2. The van der Waals surface area contributed by atoms with Gasteiger partial charge < -0.3 is 15.6 Å². The van der Waals surface area contributed by atoms with Gasteiger partial charge in [0, 0.05) is 6.54 Å². The molecule has 1 aliphatic rings. The fraction of sp³-hybridized carbons (Fsp3) is 0.375. The lowest BCUT2D eigenvalue weighted by atomic mass is 10.2. The maximum absolute atomic E-state index is 11.0. The van der Waals surface area contributed by atoms with E-state index in [1.807, 2.05) is 11.5 Å². The number of aliphatic imine (C=N–C) groups is 1. The third-order valence-corrected chi connectivity index (χ3v) is 2.18. The van der Waals surface area contributed by atoms with Crippen LogP contribution in [-0.2, 0) is 6.54 Å². The summed E-state index contributed by atoms with van der Waals surface area (Å²) in [6, 6.07) is -0.721. The first-order valence-electron chi connectivity index (χ1n) is 4.37. The number of aryl methyl sites for hydroxylation is 1. The van der Waals surface area contributed by atoms with Gasteiger partial charge in [-0.05, 0) is 6.92 Å². The molecule has 0 saturated heterocycles. The SMILES string of the molecule is CCn1cncc1C1NC(=O)N=C1N. The summed E-state index contributed by atoms with van der Waals surface area (Å²) in [7, 11) is 0. The molecule has 1 aromatic rings. The van der Waals surface area contributed by atoms with Crippen molar-refractivity contribution >= 4 is 11.9 Å². The van der Waals surface area contributed by atoms with E-state index in [0.29, 0.717) is 5.84 Å². The summed E-state index contributed by atoms with van der Waals surface area (Å²) in [6.07, 6.45) is 3.38. The van der Waals surface area contributed by atoms with Crippen LogP contribution in [0.5, 0.6) is 0 Å². The number of hydrogen-bond acceptors (Lipinski definition) is 3. The van der Waals surface area contributed by atoms with Crippen molar-refractivity contribution in [2.75, 3.05) is 0 Å². The average molecular weight is 193 g/mol. The number of rotatable bonds is 2. The number of imidazole rings is 1. The molecule has 1 unspecified atom stereocenters. The molecule has 0 spiro atoms. The van der Waals surface area contributed by atoms with Gasteiger partial charge in [-0.3, -0.25) is 0 Å². The van der Waals surface area contributed by atoms with E-state index in [-0.39, 0.29) is 6.04 Å². The van der Waals surface area contributed by atoms with E-state index in [9.17, 15) is 4.79 Å². The van der Waals surface area contributed by atoms with Gasteiger partial charge in [-0.25, -0.2) is 9.78 Å². The maximum Gasteiger partial charge on any atom is 0.343 e. The number of carbonyl (C=O) groups is 1. The van der Waals surface area contributed by atoms with Gasteiger partial charge in [0.25, 0.3) is 0 Å². The zero-order chi connectivity index (χ0) is 10.1. The number of aromatic nitrogens is 2. The lowest BCUT2D eigenvalue weighted by Gasteiger charge is -2.12. The Morgan fingerprint density at radius 3 is 3.07 bits per heavy atom. The number of nitrogens with one attached hydrogen (secondary N) is 1.